The smallest absolute Gasteiger partial charge is 0.230 e. The minimum absolute atomic E-state index is 0.203. The minimum atomic E-state index is -0.339. The number of hydrogen-bond acceptors (Lipinski definition) is 3. The van der Waals surface area contributed by atoms with Crippen LogP contribution in [0, 0.1) is 0 Å². The van der Waals surface area contributed by atoms with Crippen LogP contribution in [0.3, 0.4) is 0 Å². The van der Waals surface area contributed by atoms with Crippen LogP contribution in [-0.2, 0) is 4.79 Å². The summed E-state index contributed by atoms with van der Waals surface area (Å²) in [6.45, 7) is 2.65. The highest BCUT2D eigenvalue weighted by molar-refractivity contribution is 5.92. The van der Waals surface area contributed by atoms with E-state index < -0.39 is 0 Å². The Morgan fingerprint density at radius 2 is 2.11 bits per heavy atom. The average Bonchev–Trinajstić information content (AvgIpc) is 2.43. The SMILES string of the molecule is CCCCCOc1ccc(NC(=O)CN=[N+]=[N-])cc1. The summed E-state index contributed by atoms with van der Waals surface area (Å²) in [6.07, 6.45) is 3.37. The first-order valence-electron chi connectivity index (χ1n) is 6.30. The summed E-state index contributed by atoms with van der Waals surface area (Å²) >= 11 is 0. The van der Waals surface area contributed by atoms with Crippen LogP contribution in [0.5, 0.6) is 5.75 Å². The summed E-state index contributed by atoms with van der Waals surface area (Å²) in [5, 5.41) is 5.81. The van der Waals surface area contributed by atoms with Crippen molar-refractivity contribution in [1.82, 2.24) is 0 Å². The first kappa shape index (κ1) is 14.9. The molecule has 19 heavy (non-hydrogen) atoms. The van der Waals surface area contributed by atoms with E-state index in [2.05, 4.69) is 22.3 Å². The fraction of sp³-hybridized carbons (Fsp3) is 0.462. The van der Waals surface area contributed by atoms with Crippen LogP contribution in [0.25, 0.3) is 10.4 Å². The van der Waals surface area contributed by atoms with Crippen molar-refractivity contribution >= 4 is 11.6 Å². The third-order valence-electron chi connectivity index (χ3n) is 2.43. The molecular formula is C13H18N4O2. The third-order valence-corrected chi connectivity index (χ3v) is 2.43. The van der Waals surface area contributed by atoms with Gasteiger partial charge in [0.15, 0.2) is 0 Å². The number of amides is 1. The van der Waals surface area contributed by atoms with E-state index in [1.165, 1.54) is 6.42 Å². The standard InChI is InChI=1S/C13H18N4O2/c1-2-3-4-9-19-12-7-5-11(6-8-12)16-13(18)10-15-17-14/h5-8H,2-4,9-10H2,1H3,(H,16,18). The molecule has 0 radical (unpaired) electrons. The highest BCUT2D eigenvalue weighted by Crippen LogP contribution is 2.16. The number of benzene rings is 1. The average molecular weight is 262 g/mol. The maximum atomic E-state index is 11.3. The van der Waals surface area contributed by atoms with E-state index in [4.69, 9.17) is 10.3 Å². The van der Waals surface area contributed by atoms with Crippen LogP contribution in [0.4, 0.5) is 5.69 Å². The molecule has 0 saturated carbocycles. The number of nitrogens with one attached hydrogen (secondary N) is 1. The highest BCUT2D eigenvalue weighted by Gasteiger charge is 2.00. The number of nitrogens with zero attached hydrogens (tertiary/aromatic N) is 3. The Morgan fingerprint density at radius 1 is 1.37 bits per heavy atom. The van der Waals surface area contributed by atoms with Gasteiger partial charge in [-0.3, -0.25) is 4.79 Å². The summed E-state index contributed by atoms with van der Waals surface area (Å²) in [7, 11) is 0. The monoisotopic (exact) mass is 262 g/mol. The fourth-order valence-corrected chi connectivity index (χ4v) is 1.47. The number of rotatable bonds is 8. The van der Waals surface area contributed by atoms with Gasteiger partial charge in [-0.2, -0.15) is 0 Å². The van der Waals surface area contributed by atoms with E-state index in [9.17, 15) is 4.79 Å². The van der Waals surface area contributed by atoms with Gasteiger partial charge in [0, 0.05) is 10.6 Å². The number of carbonyl (C=O) groups is 1. The van der Waals surface area contributed by atoms with Crippen molar-refractivity contribution in [3.63, 3.8) is 0 Å². The lowest BCUT2D eigenvalue weighted by atomic mass is 10.2. The second-order valence-electron chi connectivity index (χ2n) is 4.02. The summed E-state index contributed by atoms with van der Waals surface area (Å²) in [4.78, 5) is 13.8. The third kappa shape index (κ3) is 6.33. The first-order valence-corrected chi connectivity index (χ1v) is 6.30. The predicted octanol–water partition coefficient (Wildman–Crippen LogP) is 3.50. The van der Waals surface area contributed by atoms with Gasteiger partial charge in [-0.25, -0.2) is 0 Å². The van der Waals surface area contributed by atoms with Crippen molar-refractivity contribution < 1.29 is 9.53 Å². The Bertz CT molecular complexity index is 438. The number of carbonyl (C=O) groups excluding carboxylic acids is 1. The van der Waals surface area contributed by atoms with Gasteiger partial charge in [0.2, 0.25) is 5.91 Å². The van der Waals surface area contributed by atoms with Crippen LogP contribution >= 0.6 is 0 Å². The molecule has 6 heteroatoms. The van der Waals surface area contributed by atoms with Gasteiger partial charge in [0.1, 0.15) is 12.3 Å². The number of anilines is 1. The minimum Gasteiger partial charge on any atom is -0.494 e. The van der Waals surface area contributed by atoms with Crippen LogP contribution in [0.2, 0.25) is 0 Å². The van der Waals surface area contributed by atoms with E-state index in [0.29, 0.717) is 12.3 Å². The lowest BCUT2D eigenvalue weighted by Gasteiger charge is -2.07. The number of azide groups is 1. The number of unbranched alkanes of at least 4 members (excludes halogenated alkanes) is 2. The number of ether oxygens (including phenoxy) is 1. The molecule has 1 aromatic carbocycles. The molecule has 6 nitrogen and oxygen atoms in total. The largest absolute Gasteiger partial charge is 0.494 e. The number of hydrogen-bond donors (Lipinski definition) is 1. The van der Waals surface area contributed by atoms with E-state index in [1.807, 2.05) is 0 Å². The molecule has 102 valence electrons. The lowest BCUT2D eigenvalue weighted by Crippen LogP contribution is -2.14. The van der Waals surface area contributed by atoms with E-state index in [-0.39, 0.29) is 12.5 Å². The summed E-state index contributed by atoms with van der Waals surface area (Å²) in [5.41, 5.74) is 8.75. The predicted molar refractivity (Wildman–Crippen MR) is 74.1 cm³/mol. The zero-order valence-electron chi connectivity index (χ0n) is 11.0. The van der Waals surface area contributed by atoms with Crippen LogP contribution in [-0.4, -0.2) is 19.1 Å². The molecule has 0 atom stereocenters. The Hall–Kier alpha value is -2.20. The quantitative estimate of drug-likeness (QED) is 0.336. The van der Waals surface area contributed by atoms with Gasteiger partial charge >= 0.3 is 0 Å². The Morgan fingerprint density at radius 3 is 2.74 bits per heavy atom. The van der Waals surface area contributed by atoms with Crippen molar-refractivity contribution in [2.45, 2.75) is 26.2 Å². The Balaban J connectivity index is 2.38. The maximum Gasteiger partial charge on any atom is 0.230 e. The zero-order valence-corrected chi connectivity index (χ0v) is 11.0. The van der Waals surface area contributed by atoms with Gasteiger partial charge < -0.3 is 10.1 Å². The molecule has 1 rings (SSSR count). The van der Waals surface area contributed by atoms with Gasteiger partial charge in [-0.15, -0.1) is 0 Å². The molecule has 0 saturated heterocycles. The van der Waals surface area contributed by atoms with E-state index >= 15 is 0 Å². The molecule has 0 aliphatic carbocycles. The molecule has 0 unspecified atom stereocenters. The normalized spacial score (nSPS) is 9.53. The molecule has 0 aliphatic heterocycles. The van der Waals surface area contributed by atoms with Crippen LogP contribution in [0.1, 0.15) is 26.2 Å². The summed E-state index contributed by atoms with van der Waals surface area (Å²) < 4.78 is 5.55. The first-order chi connectivity index (χ1) is 9.26. The van der Waals surface area contributed by atoms with Gasteiger partial charge in [-0.05, 0) is 36.2 Å². The molecule has 0 heterocycles. The molecule has 0 fully saturated rings. The highest BCUT2D eigenvalue weighted by atomic mass is 16.5. The van der Waals surface area contributed by atoms with Crippen molar-refractivity contribution in [3.8, 4) is 5.75 Å². The van der Waals surface area contributed by atoms with Crippen molar-refractivity contribution in [2.24, 2.45) is 5.11 Å². The molecule has 0 aromatic heterocycles. The zero-order chi connectivity index (χ0) is 13.9. The van der Waals surface area contributed by atoms with Gasteiger partial charge in [-0.1, -0.05) is 24.9 Å². The van der Waals surface area contributed by atoms with Gasteiger partial charge in [0.25, 0.3) is 0 Å². The van der Waals surface area contributed by atoms with Crippen molar-refractivity contribution in [3.05, 3.63) is 34.7 Å². The molecule has 1 aromatic rings. The van der Waals surface area contributed by atoms with Crippen LogP contribution in [0.15, 0.2) is 29.4 Å². The van der Waals surface area contributed by atoms with Crippen molar-refractivity contribution in [1.29, 1.82) is 0 Å². The molecule has 1 N–H and O–H groups in total. The Labute approximate surface area is 112 Å². The molecule has 1 amide bonds. The summed E-state index contributed by atoms with van der Waals surface area (Å²) in [5.74, 6) is 0.443. The summed E-state index contributed by atoms with van der Waals surface area (Å²) in [6, 6.07) is 7.11. The topological polar surface area (TPSA) is 87.1 Å². The van der Waals surface area contributed by atoms with E-state index in [0.717, 1.165) is 18.6 Å². The van der Waals surface area contributed by atoms with Crippen LogP contribution < -0.4 is 10.1 Å². The molecule has 0 aliphatic rings. The van der Waals surface area contributed by atoms with Gasteiger partial charge in [0.05, 0.1) is 6.61 Å². The van der Waals surface area contributed by atoms with E-state index in [1.54, 1.807) is 24.3 Å². The molecular weight excluding hydrogens is 244 g/mol. The molecule has 0 bridgehead atoms. The second-order valence-corrected chi connectivity index (χ2v) is 4.02. The fourth-order valence-electron chi connectivity index (χ4n) is 1.47. The Kier molecular flexibility index (Phi) is 6.90. The molecule has 0 spiro atoms. The maximum absolute atomic E-state index is 11.3. The second kappa shape index (κ2) is 8.83. The van der Waals surface area contributed by atoms with Crippen molar-refractivity contribution in [2.75, 3.05) is 18.5 Å². The lowest BCUT2D eigenvalue weighted by molar-refractivity contribution is -0.114.